The lowest BCUT2D eigenvalue weighted by Crippen LogP contribution is -2.42. The van der Waals surface area contributed by atoms with Gasteiger partial charge in [-0.25, -0.2) is 0 Å². The number of aromatic nitrogens is 2. The Kier molecular flexibility index (Phi) is 7.32. The quantitative estimate of drug-likeness (QED) is 0.546. The van der Waals surface area contributed by atoms with Gasteiger partial charge in [-0.3, -0.25) is 4.90 Å². The van der Waals surface area contributed by atoms with Crippen molar-refractivity contribution in [3.05, 3.63) is 35.4 Å². The number of rotatable bonds is 9. The Labute approximate surface area is 190 Å². The first-order valence-electron chi connectivity index (χ1n) is 11.9. The van der Waals surface area contributed by atoms with Gasteiger partial charge in [-0.2, -0.15) is 9.97 Å². The topological polar surface area (TPSA) is 99.8 Å². The van der Waals surface area contributed by atoms with Crippen LogP contribution in [0.15, 0.2) is 24.3 Å². The number of hydrogen-bond donors (Lipinski definition) is 3. The van der Waals surface area contributed by atoms with Crippen LogP contribution in [-0.4, -0.2) is 51.9 Å². The number of likely N-dealkylation sites (tertiary alicyclic amines) is 1. The van der Waals surface area contributed by atoms with Crippen LogP contribution in [0.2, 0.25) is 0 Å². The highest BCUT2D eigenvalue weighted by Crippen LogP contribution is 2.35. The summed E-state index contributed by atoms with van der Waals surface area (Å²) in [6, 6.07) is 8.97. The van der Waals surface area contributed by atoms with Crippen molar-refractivity contribution in [2.75, 3.05) is 35.6 Å². The molecule has 2 aliphatic heterocycles. The molecule has 2 aliphatic rings. The Morgan fingerprint density at radius 1 is 1.19 bits per heavy atom. The van der Waals surface area contributed by atoms with Crippen LogP contribution in [0.3, 0.4) is 0 Å². The van der Waals surface area contributed by atoms with Crippen molar-refractivity contribution in [2.24, 2.45) is 0 Å². The van der Waals surface area contributed by atoms with E-state index in [1.54, 1.807) is 0 Å². The molecule has 8 heteroatoms. The van der Waals surface area contributed by atoms with E-state index in [9.17, 15) is 5.11 Å². The van der Waals surface area contributed by atoms with Crippen molar-refractivity contribution in [3.8, 4) is 6.01 Å². The lowest BCUT2D eigenvalue weighted by molar-refractivity contribution is 0.169. The highest BCUT2D eigenvalue weighted by Gasteiger charge is 2.28. The molecular formula is C24H36N6O2. The lowest BCUT2D eigenvalue weighted by Gasteiger charge is -2.34. The summed E-state index contributed by atoms with van der Waals surface area (Å²) < 4.78 is 6.05. The van der Waals surface area contributed by atoms with Gasteiger partial charge in [0.05, 0.1) is 6.54 Å². The van der Waals surface area contributed by atoms with Gasteiger partial charge in [0.15, 0.2) is 11.6 Å². The van der Waals surface area contributed by atoms with E-state index in [4.69, 9.17) is 15.5 Å². The molecule has 1 saturated heterocycles. The fourth-order valence-electron chi connectivity index (χ4n) is 4.58. The van der Waals surface area contributed by atoms with E-state index in [1.165, 1.54) is 37.1 Å². The normalized spacial score (nSPS) is 19.5. The highest BCUT2D eigenvalue weighted by molar-refractivity contribution is 5.78. The zero-order valence-electron chi connectivity index (χ0n) is 19.3. The van der Waals surface area contributed by atoms with E-state index < -0.39 is 6.23 Å². The number of hydrogen-bond acceptors (Lipinski definition) is 8. The molecule has 0 spiro atoms. The number of nitrogens with one attached hydrogen (secondary N) is 1. The zero-order chi connectivity index (χ0) is 22.5. The molecule has 8 nitrogen and oxygen atoms in total. The molecule has 0 radical (unpaired) electrons. The summed E-state index contributed by atoms with van der Waals surface area (Å²) >= 11 is 0. The number of ether oxygens (including phenoxy) is 1. The molecular weight excluding hydrogens is 404 g/mol. The van der Waals surface area contributed by atoms with Crippen LogP contribution in [-0.2, 0) is 13.1 Å². The Balaban J connectivity index is 1.55. The van der Waals surface area contributed by atoms with Gasteiger partial charge in [0, 0.05) is 13.1 Å². The van der Waals surface area contributed by atoms with Gasteiger partial charge in [0.2, 0.25) is 0 Å². The average molecular weight is 441 g/mol. The Hall–Kier alpha value is -2.58. The summed E-state index contributed by atoms with van der Waals surface area (Å²) in [6.45, 7) is 8.61. The van der Waals surface area contributed by atoms with E-state index in [-0.39, 0.29) is 6.10 Å². The third-order valence-corrected chi connectivity index (χ3v) is 6.21. The maximum absolute atomic E-state index is 10.4. The van der Waals surface area contributed by atoms with Crippen molar-refractivity contribution in [3.63, 3.8) is 0 Å². The molecule has 1 aromatic heterocycles. The minimum Gasteiger partial charge on any atom is -0.460 e. The summed E-state index contributed by atoms with van der Waals surface area (Å²) in [4.78, 5) is 13.6. The predicted molar refractivity (Wildman–Crippen MR) is 128 cm³/mol. The standard InChI is InChI=1S/C24H36N6O2/c1-3-8-19(4-2)32-24-27-22(25)21-23(28-24)30(16-20(31)26-21)15-18-10-7-9-17(13-18)14-29-11-5-6-12-29/h7,9-10,13,19-20,26,31H,3-6,8,11-12,14-16H2,1-2H3,(H2,25,27,28). The number of anilines is 3. The molecule has 0 saturated carbocycles. The number of aliphatic hydroxyl groups is 1. The van der Waals surface area contributed by atoms with Crippen LogP contribution in [0.5, 0.6) is 6.01 Å². The number of nitrogen functional groups attached to an aromatic ring is 1. The molecule has 2 unspecified atom stereocenters. The fraction of sp³-hybridized carbons (Fsp3) is 0.583. The predicted octanol–water partition coefficient (Wildman–Crippen LogP) is 3.36. The van der Waals surface area contributed by atoms with Gasteiger partial charge in [0.1, 0.15) is 18.0 Å². The van der Waals surface area contributed by atoms with Crippen molar-refractivity contribution < 1.29 is 9.84 Å². The molecule has 32 heavy (non-hydrogen) atoms. The third-order valence-electron chi connectivity index (χ3n) is 6.21. The van der Waals surface area contributed by atoms with E-state index in [2.05, 4.69) is 58.2 Å². The van der Waals surface area contributed by atoms with Crippen LogP contribution >= 0.6 is 0 Å². The Morgan fingerprint density at radius 2 is 1.94 bits per heavy atom. The molecule has 0 bridgehead atoms. The van der Waals surface area contributed by atoms with Gasteiger partial charge in [-0.15, -0.1) is 0 Å². The first-order valence-corrected chi connectivity index (χ1v) is 11.9. The van der Waals surface area contributed by atoms with Crippen molar-refractivity contribution in [1.29, 1.82) is 0 Å². The summed E-state index contributed by atoms with van der Waals surface area (Å²) in [7, 11) is 0. The molecule has 4 rings (SSSR count). The molecule has 3 heterocycles. The fourth-order valence-corrected chi connectivity index (χ4v) is 4.58. The second-order valence-corrected chi connectivity index (χ2v) is 8.87. The van der Waals surface area contributed by atoms with Gasteiger partial charge >= 0.3 is 6.01 Å². The van der Waals surface area contributed by atoms with Crippen molar-refractivity contribution in [1.82, 2.24) is 14.9 Å². The molecule has 0 amide bonds. The summed E-state index contributed by atoms with van der Waals surface area (Å²) in [5.74, 6) is 0.969. The van der Waals surface area contributed by atoms with E-state index in [0.717, 1.165) is 25.8 Å². The van der Waals surface area contributed by atoms with Crippen molar-refractivity contribution in [2.45, 2.75) is 71.4 Å². The van der Waals surface area contributed by atoms with Gasteiger partial charge < -0.3 is 25.8 Å². The number of β-amino-alcohol motifs (C(OH)–C–C–N with tert-alkyl or cyclic N) is 1. The number of fused-ring (bicyclic) bond motifs is 1. The molecule has 174 valence electrons. The second kappa shape index (κ2) is 10.4. The minimum absolute atomic E-state index is 0.0651. The van der Waals surface area contributed by atoms with Crippen LogP contribution in [0, 0.1) is 0 Å². The summed E-state index contributed by atoms with van der Waals surface area (Å²) in [5, 5.41) is 13.4. The smallest absolute Gasteiger partial charge is 0.320 e. The minimum atomic E-state index is -0.739. The number of nitrogens with zero attached hydrogens (tertiary/aromatic N) is 4. The molecule has 1 aromatic carbocycles. The largest absolute Gasteiger partial charge is 0.460 e. The lowest BCUT2D eigenvalue weighted by atomic mass is 10.1. The Bertz CT molecular complexity index is 902. The molecule has 1 fully saturated rings. The van der Waals surface area contributed by atoms with Crippen molar-refractivity contribution >= 4 is 17.3 Å². The van der Waals surface area contributed by atoms with Gasteiger partial charge in [-0.1, -0.05) is 44.5 Å². The first-order chi connectivity index (χ1) is 15.6. The number of nitrogens with two attached hydrogens (primary N) is 1. The summed E-state index contributed by atoms with van der Waals surface area (Å²) in [5.41, 5.74) is 9.29. The van der Waals surface area contributed by atoms with E-state index >= 15 is 0 Å². The SMILES string of the molecule is CCCC(CC)Oc1nc(N)c2c(n1)N(Cc1cccc(CN3CCCC3)c1)CC(O)N2. The van der Waals surface area contributed by atoms with E-state index in [0.29, 0.717) is 36.4 Å². The van der Waals surface area contributed by atoms with Crippen LogP contribution in [0.25, 0.3) is 0 Å². The molecule has 0 aliphatic carbocycles. The Morgan fingerprint density at radius 3 is 2.66 bits per heavy atom. The van der Waals surface area contributed by atoms with E-state index in [1.807, 2.05) is 0 Å². The first kappa shape index (κ1) is 22.6. The molecule has 4 N–H and O–H groups in total. The molecule has 2 aromatic rings. The maximum atomic E-state index is 10.4. The molecule has 2 atom stereocenters. The second-order valence-electron chi connectivity index (χ2n) is 8.87. The number of aliphatic hydroxyl groups excluding tert-OH is 1. The van der Waals surface area contributed by atoms with Gasteiger partial charge in [-0.05, 0) is 49.9 Å². The van der Waals surface area contributed by atoms with Crippen LogP contribution < -0.4 is 20.7 Å². The van der Waals surface area contributed by atoms with Crippen LogP contribution in [0.4, 0.5) is 17.3 Å². The third kappa shape index (κ3) is 5.42. The van der Waals surface area contributed by atoms with Gasteiger partial charge in [0.25, 0.3) is 0 Å². The average Bonchev–Trinajstić information content (AvgIpc) is 3.27. The number of benzene rings is 1. The van der Waals surface area contributed by atoms with Crippen LogP contribution in [0.1, 0.15) is 57.1 Å². The maximum Gasteiger partial charge on any atom is 0.320 e. The monoisotopic (exact) mass is 440 g/mol. The highest BCUT2D eigenvalue weighted by atomic mass is 16.5. The zero-order valence-corrected chi connectivity index (χ0v) is 19.3. The summed E-state index contributed by atoms with van der Waals surface area (Å²) in [6.07, 6.45) is 4.77.